The van der Waals surface area contributed by atoms with Crippen molar-refractivity contribution in [2.24, 2.45) is 5.41 Å². The molecule has 150 valence electrons. The first-order valence-electron chi connectivity index (χ1n) is 9.91. The summed E-state index contributed by atoms with van der Waals surface area (Å²) in [5.41, 5.74) is 6.22. The average molecular weight is 377 g/mol. The van der Waals surface area contributed by atoms with Gasteiger partial charge in [-0.2, -0.15) is 4.98 Å². The van der Waals surface area contributed by atoms with Crippen LogP contribution in [0.4, 0.5) is 17.5 Å². The number of nitrogens with two attached hydrogens (primary N) is 1. The summed E-state index contributed by atoms with van der Waals surface area (Å²) >= 11 is 0. The number of hydrogen-bond acceptors (Lipinski definition) is 8. The summed E-state index contributed by atoms with van der Waals surface area (Å²) in [6, 6.07) is 0.566. The van der Waals surface area contributed by atoms with Crippen LogP contribution in [-0.2, 0) is 14.3 Å². The lowest BCUT2D eigenvalue weighted by Crippen LogP contribution is -2.38. The van der Waals surface area contributed by atoms with E-state index in [2.05, 4.69) is 20.6 Å². The molecular formula is C19H31N5O3. The van der Waals surface area contributed by atoms with Crippen LogP contribution in [0, 0.1) is 5.41 Å². The second kappa shape index (κ2) is 8.73. The molecule has 0 radical (unpaired) electrons. The Labute approximate surface area is 160 Å². The molecule has 0 amide bonds. The second-order valence-electron chi connectivity index (χ2n) is 7.73. The third-order valence-electron chi connectivity index (χ3n) is 5.57. The molecule has 1 aromatic rings. The molecule has 2 aliphatic rings. The van der Waals surface area contributed by atoms with Crippen LogP contribution >= 0.6 is 0 Å². The molecule has 0 aromatic carbocycles. The lowest BCUT2D eigenvalue weighted by molar-refractivity contribution is -0.156. The zero-order valence-electron chi connectivity index (χ0n) is 16.3. The van der Waals surface area contributed by atoms with Crippen molar-refractivity contribution < 1.29 is 14.3 Å². The van der Waals surface area contributed by atoms with E-state index in [0.29, 0.717) is 30.1 Å². The maximum Gasteiger partial charge on any atom is 0.311 e. The topological polar surface area (TPSA) is 111 Å². The van der Waals surface area contributed by atoms with Gasteiger partial charge in [-0.15, -0.1) is 0 Å². The lowest BCUT2D eigenvalue weighted by Gasteiger charge is -2.35. The third-order valence-corrected chi connectivity index (χ3v) is 5.57. The van der Waals surface area contributed by atoms with E-state index >= 15 is 0 Å². The Balaban J connectivity index is 1.57. The molecule has 2 heterocycles. The third kappa shape index (κ3) is 5.00. The molecule has 4 N–H and O–H groups in total. The van der Waals surface area contributed by atoms with Crippen LogP contribution in [0.2, 0.25) is 0 Å². The van der Waals surface area contributed by atoms with Gasteiger partial charge < -0.3 is 25.8 Å². The molecule has 1 aromatic heterocycles. The number of nitrogens with zero attached hydrogens (tertiary/aromatic N) is 2. The minimum Gasteiger partial charge on any atom is -0.466 e. The Morgan fingerprint density at radius 3 is 2.59 bits per heavy atom. The minimum absolute atomic E-state index is 0.0899. The lowest BCUT2D eigenvalue weighted by atomic mass is 9.74. The first-order valence-corrected chi connectivity index (χ1v) is 9.91. The number of nitrogen functional groups attached to an aromatic ring is 1. The molecule has 3 rings (SSSR count). The van der Waals surface area contributed by atoms with E-state index in [-0.39, 0.29) is 17.4 Å². The monoisotopic (exact) mass is 377 g/mol. The number of aromatic nitrogens is 2. The summed E-state index contributed by atoms with van der Waals surface area (Å²) < 4.78 is 10.6. The van der Waals surface area contributed by atoms with E-state index in [0.717, 1.165) is 51.7 Å². The number of carbonyl (C=O) groups excluding carboxylic acids is 1. The highest BCUT2D eigenvalue weighted by Gasteiger charge is 2.38. The Bertz CT molecular complexity index is 640. The SMILES string of the molecule is CCOC(=O)[C@]1(C)CC[C@@H](Nc2nc(NC3CCOCC3)ncc2N)CC1. The molecule has 0 bridgehead atoms. The fraction of sp³-hybridized carbons (Fsp3) is 0.737. The van der Waals surface area contributed by atoms with Crippen molar-refractivity contribution in [1.29, 1.82) is 0 Å². The Kier molecular flexibility index (Phi) is 6.36. The maximum atomic E-state index is 12.2. The van der Waals surface area contributed by atoms with Crippen molar-refractivity contribution in [3.05, 3.63) is 6.20 Å². The first-order chi connectivity index (χ1) is 13.0. The summed E-state index contributed by atoms with van der Waals surface area (Å²) in [4.78, 5) is 21.0. The Morgan fingerprint density at radius 1 is 1.26 bits per heavy atom. The molecule has 1 saturated carbocycles. The molecule has 8 nitrogen and oxygen atoms in total. The van der Waals surface area contributed by atoms with Crippen molar-refractivity contribution in [2.45, 2.75) is 64.5 Å². The fourth-order valence-electron chi connectivity index (χ4n) is 3.70. The van der Waals surface area contributed by atoms with E-state index < -0.39 is 0 Å². The second-order valence-corrected chi connectivity index (χ2v) is 7.73. The van der Waals surface area contributed by atoms with Crippen LogP contribution < -0.4 is 16.4 Å². The molecular weight excluding hydrogens is 346 g/mol. The van der Waals surface area contributed by atoms with E-state index in [1.54, 1.807) is 6.20 Å². The van der Waals surface area contributed by atoms with Crippen molar-refractivity contribution in [3.63, 3.8) is 0 Å². The largest absolute Gasteiger partial charge is 0.466 e. The zero-order valence-corrected chi connectivity index (χ0v) is 16.3. The predicted molar refractivity (Wildman–Crippen MR) is 105 cm³/mol. The summed E-state index contributed by atoms with van der Waals surface area (Å²) in [6.45, 7) is 5.79. The van der Waals surface area contributed by atoms with Crippen LogP contribution in [0.5, 0.6) is 0 Å². The van der Waals surface area contributed by atoms with Crippen LogP contribution in [0.15, 0.2) is 6.20 Å². The van der Waals surface area contributed by atoms with Gasteiger partial charge in [-0.1, -0.05) is 0 Å². The Hall–Kier alpha value is -2.09. The first kappa shape index (κ1) is 19.7. The summed E-state index contributed by atoms with van der Waals surface area (Å²) in [7, 11) is 0. The van der Waals surface area contributed by atoms with Crippen LogP contribution in [0.1, 0.15) is 52.4 Å². The molecule has 0 spiro atoms. The smallest absolute Gasteiger partial charge is 0.311 e. The number of esters is 1. The summed E-state index contributed by atoms with van der Waals surface area (Å²) in [5, 5.41) is 6.81. The van der Waals surface area contributed by atoms with E-state index in [1.165, 1.54) is 0 Å². The number of nitrogens with one attached hydrogen (secondary N) is 2. The quantitative estimate of drug-likeness (QED) is 0.649. The molecule has 0 unspecified atom stereocenters. The summed E-state index contributed by atoms with van der Waals surface area (Å²) in [5.74, 6) is 1.16. The van der Waals surface area contributed by atoms with Gasteiger partial charge in [0, 0.05) is 25.3 Å². The highest BCUT2D eigenvalue weighted by atomic mass is 16.5. The van der Waals surface area contributed by atoms with Crippen LogP contribution in [-0.4, -0.2) is 47.8 Å². The van der Waals surface area contributed by atoms with Crippen molar-refractivity contribution in [1.82, 2.24) is 9.97 Å². The molecule has 8 heteroatoms. The van der Waals surface area contributed by atoms with Gasteiger partial charge >= 0.3 is 5.97 Å². The fourth-order valence-corrected chi connectivity index (χ4v) is 3.70. The van der Waals surface area contributed by atoms with Gasteiger partial charge in [-0.3, -0.25) is 4.79 Å². The average Bonchev–Trinajstić information content (AvgIpc) is 2.67. The predicted octanol–water partition coefficient (Wildman–Crippen LogP) is 2.57. The molecule has 2 fully saturated rings. The number of hydrogen-bond donors (Lipinski definition) is 3. The number of carbonyl (C=O) groups is 1. The van der Waals surface area contributed by atoms with Crippen LogP contribution in [0.3, 0.4) is 0 Å². The van der Waals surface area contributed by atoms with E-state index in [4.69, 9.17) is 15.2 Å². The van der Waals surface area contributed by atoms with Crippen molar-refractivity contribution in [3.8, 4) is 0 Å². The molecule has 1 aliphatic heterocycles. The number of anilines is 3. The van der Waals surface area contributed by atoms with Gasteiger partial charge in [0.15, 0.2) is 5.82 Å². The van der Waals surface area contributed by atoms with Gasteiger partial charge in [0.25, 0.3) is 0 Å². The summed E-state index contributed by atoms with van der Waals surface area (Å²) in [6.07, 6.45) is 6.88. The molecule has 1 saturated heterocycles. The van der Waals surface area contributed by atoms with E-state index in [9.17, 15) is 4.79 Å². The van der Waals surface area contributed by atoms with E-state index in [1.807, 2.05) is 13.8 Å². The number of ether oxygens (including phenoxy) is 2. The van der Waals surface area contributed by atoms with Crippen LogP contribution in [0.25, 0.3) is 0 Å². The van der Waals surface area contributed by atoms with Gasteiger partial charge in [-0.25, -0.2) is 4.98 Å². The highest BCUT2D eigenvalue weighted by molar-refractivity contribution is 5.76. The Morgan fingerprint density at radius 2 is 1.93 bits per heavy atom. The van der Waals surface area contributed by atoms with Crippen molar-refractivity contribution >= 4 is 23.4 Å². The standard InChI is InChI=1S/C19H31N5O3/c1-3-27-17(25)19(2)8-4-13(5-9-19)22-16-15(20)12-21-18(24-16)23-14-6-10-26-11-7-14/h12-14H,3-11,20H2,1-2H3,(H2,21,22,23,24)/t13-,19-. The number of rotatable bonds is 6. The van der Waals surface area contributed by atoms with Gasteiger partial charge in [-0.05, 0) is 52.4 Å². The highest BCUT2D eigenvalue weighted by Crippen LogP contribution is 2.38. The molecule has 1 aliphatic carbocycles. The maximum absolute atomic E-state index is 12.2. The van der Waals surface area contributed by atoms with Gasteiger partial charge in [0.05, 0.1) is 23.9 Å². The molecule has 27 heavy (non-hydrogen) atoms. The minimum atomic E-state index is -0.388. The van der Waals surface area contributed by atoms with Crippen molar-refractivity contribution in [2.75, 3.05) is 36.2 Å². The van der Waals surface area contributed by atoms with Gasteiger partial charge in [0.2, 0.25) is 5.95 Å². The molecule has 0 atom stereocenters. The zero-order chi connectivity index (χ0) is 19.3. The van der Waals surface area contributed by atoms with Gasteiger partial charge in [0.1, 0.15) is 0 Å². The normalized spacial score (nSPS) is 26.4.